The number of rotatable bonds is 4. The summed E-state index contributed by atoms with van der Waals surface area (Å²) in [6, 6.07) is 18.5. The molecule has 1 aliphatic heterocycles. The fourth-order valence-corrected chi connectivity index (χ4v) is 2.86. The van der Waals surface area contributed by atoms with Crippen LogP contribution in [0.2, 0.25) is 0 Å². The Kier molecular flexibility index (Phi) is 4.25. The maximum absolute atomic E-state index is 5.80. The Labute approximate surface area is 123 Å². The second-order valence-corrected chi connectivity index (χ2v) is 5.83. The van der Waals surface area contributed by atoms with E-state index in [0.29, 0.717) is 11.4 Å². The predicted octanol–water partition coefficient (Wildman–Crippen LogP) is 3.71. The highest BCUT2D eigenvalue weighted by Gasteiger charge is 2.23. The van der Waals surface area contributed by atoms with Gasteiger partial charge in [-0.25, -0.2) is 10.9 Å². The van der Waals surface area contributed by atoms with Crippen LogP contribution in [0.1, 0.15) is 18.0 Å². The van der Waals surface area contributed by atoms with E-state index in [-0.39, 0.29) is 0 Å². The van der Waals surface area contributed by atoms with Gasteiger partial charge >= 0.3 is 0 Å². The normalized spacial score (nSPS) is 21.9. The van der Waals surface area contributed by atoms with Crippen molar-refractivity contribution in [1.82, 2.24) is 10.9 Å². The standard InChI is InChI=1S/C16H18N2OS/c1-20-16-11-15(17-18-16)12-7-9-14(10-8-12)19-13-5-3-2-4-6-13/h2-10,15-18H,11H2,1H3. The molecule has 1 heterocycles. The van der Waals surface area contributed by atoms with E-state index in [2.05, 4.69) is 29.2 Å². The topological polar surface area (TPSA) is 33.3 Å². The molecule has 4 heteroatoms. The molecule has 2 aromatic rings. The first-order valence-electron chi connectivity index (χ1n) is 6.72. The van der Waals surface area contributed by atoms with E-state index in [0.717, 1.165) is 17.9 Å². The van der Waals surface area contributed by atoms with Crippen molar-refractivity contribution in [3.63, 3.8) is 0 Å². The summed E-state index contributed by atoms with van der Waals surface area (Å²) in [6.07, 6.45) is 3.22. The van der Waals surface area contributed by atoms with Gasteiger partial charge in [0.2, 0.25) is 0 Å². The molecular formula is C16H18N2OS. The van der Waals surface area contributed by atoms with Crippen molar-refractivity contribution in [2.45, 2.75) is 17.8 Å². The lowest BCUT2D eigenvalue weighted by Crippen LogP contribution is -2.28. The van der Waals surface area contributed by atoms with Crippen molar-refractivity contribution in [2.24, 2.45) is 0 Å². The Morgan fingerprint density at radius 3 is 2.30 bits per heavy atom. The molecule has 3 nitrogen and oxygen atoms in total. The molecule has 0 saturated carbocycles. The number of hydrogen-bond acceptors (Lipinski definition) is 4. The van der Waals surface area contributed by atoms with Crippen LogP contribution in [-0.4, -0.2) is 11.6 Å². The third-order valence-electron chi connectivity index (χ3n) is 3.41. The highest BCUT2D eigenvalue weighted by atomic mass is 32.2. The molecule has 20 heavy (non-hydrogen) atoms. The molecular weight excluding hydrogens is 268 g/mol. The van der Waals surface area contributed by atoms with Gasteiger partial charge in [0, 0.05) is 6.04 Å². The maximum Gasteiger partial charge on any atom is 0.127 e. The van der Waals surface area contributed by atoms with Gasteiger partial charge in [-0.15, -0.1) is 11.8 Å². The minimum Gasteiger partial charge on any atom is -0.457 e. The van der Waals surface area contributed by atoms with Crippen LogP contribution in [0.3, 0.4) is 0 Å². The van der Waals surface area contributed by atoms with E-state index in [4.69, 9.17) is 4.74 Å². The summed E-state index contributed by atoms with van der Waals surface area (Å²) in [7, 11) is 0. The molecule has 1 aliphatic rings. The second kappa shape index (κ2) is 6.31. The van der Waals surface area contributed by atoms with Crippen molar-refractivity contribution in [3.8, 4) is 11.5 Å². The second-order valence-electron chi connectivity index (χ2n) is 4.79. The zero-order chi connectivity index (χ0) is 13.8. The number of para-hydroxylation sites is 1. The van der Waals surface area contributed by atoms with E-state index in [1.807, 2.05) is 54.2 Å². The molecule has 2 atom stereocenters. The average molecular weight is 286 g/mol. The third-order valence-corrected chi connectivity index (χ3v) is 4.29. The van der Waals surface area contributed by atoms with Gasteiger partial charge in [0.1, 0.15) is 11.5 Å². The van der Waals surface area contributed by atoms with Gasteiger partial charge in [0.05, 0.1) is 5.37 Å². The van der Waals surface area contributed by atoms with Gasteiger partial charge in [-0.1, -0.05) is 30.3 Å². The fourth-order valence-electron chi connectivity index (χ4n) is 2.29. The van der Waals surface area contributed by atoms with E-state index in [9.17, 15) is 0 Å². The van der Waals surface area contributed by atoms with E-state index >= 15 is 0 Å². The lowest BCUT2D eigenvalue weighted by Gasteiger charge is -2.11. The molecule has 0 radical (unpaired) electrons. The van der Waals surface area contributed by atoms with Crippen LogP contribution >= 0.6 is 11.8 Å². The molecule has 3 rings (SSSR count). The van der Waals surface area contributed by atoms with Crippen molar-refractivity contribution in [3.05, 3.63) is 60.2 Å². The number of ether oxygens (including phenoxy) is 1. The number of benzene rings is 2. The Bertz CT molecular complexity index is 544. The van der Waals surface area contributed by atoms with Crippen LogP contribution in [0.25, 0.3) is 0 Å². The number of nitrogens with one attached hydrogen (secondary N) is 2. The highest BCUT2D eigenvalue weighted by molar-refractivity contribution is 7.99. The van der Waals surface area contributed by atoms with Crippen LogP contribution in [0, 0.1) is 0 Å². The summed E-state index contributed by atoms with van der Waals surface area (Å²) < 4.78 is 5.80. The van der Waals surface area contributed by atoms with Crippen LogP contribution in [0.4, 0.5) is 0 Å². The first-order valence-corrected chi connectivity index (χ1v) is 8.00. The molecule has 2 aromatic carbocycles. The van der Waals surface area contributed by atoms with Gasteiger partial charge in [-0.3, -0.25) is 0 Å². The van der Waals surface area contributed by atoms with Crippen LogP contribution in [0.5, 0.6) is 11.5 Å². The molecule has 0 aliphatic carbocycles. The molecule has 104 valence electrons. The zero-order valence-electron chi connectivity index (χ0n) is 11.4. The minimum atomic E-state index is 0.373. The summed E-state index contributed by atoms with van der Waals surface area (Å²) in [5.41, 5.74) is 7.91. The van der Waals surface area contributed by atoms with Crippen molar-refractivity contribution < 1.29 is 4.74 Å². The van der Waals surface area contributed by atoms with Gasteiger partial charge in [-0.05, 0) is 42.5 Å². The van der Waals surface area contributed by atoms with E-state index in [1.54, 1.807) is 0 Å². The number of thioether (sulfide) groups is 1. The summed E-state index contributed by atoms with van der Waals surface area (Å²) in [4.78, 5) is 0. The lowest BCUT2D eigenvalue weighted by atomic mass is 10.1. The lowest BCUT2D eigenvalue weighted by molar-refractivity contribution is 0.482. The maximum atomic E-state index is 5.80. The van der Waals surface area contributed by atoms with Crippen molar-refractivity contribution in [1.29, 1.82) is 0 Å². The van der Waals surface area contributed by atoms with Gasteiger partial charge in [0.15, 0.2) is 0 Å². The molecule has 2 unspecified atom stereocenters. The number of hydrogen-bond donors (Lipinski definition) is 2. The van der Waals surface area contributed by atoms with Gasteiger partial charge in [0.25, 0.3) is 0 Å². The van der Waals surface area contributed by atoms with E-state index in [1.165, 1.54) is 5.56 Å². The molecule has 0 bridgehead atoms. The van der Waals surface area contributed by atoms with Crippen molar-refractivity contribution in [2.75, 3.05) is 6.26 Å². The Hall–Kier alpha value is -1.49. The zero-order valence-corrected chi connectivity index (χ0v) is 12.2. The monoisotopic (exact) mass is 286 g/mol. The largest absolute Gasteiger partial charge is 0.457 e. The average Bonchev–Trinajstić information content (AvgIpc) is 2.98. The first-order chi connectivity index (χ1) is 9.85. The Morgan fingerprint density at radius 1 is 0.950 bits per heavy atom. The predicted molar refractivity (Wildman–Crippen MR) is 83.9 cm³/mol. The molecule has 0 spiro atoms. The van der Waals surface area contributed by atoms with E-state index < -0.39 is 0 Å². The molecule has 0 aromatic heterocycles. The fraction of sp³-hybridized carbons (Fsp3) is 0.250. The third kappa shape index (κ3) is 3.15. The summed E-state index contributed by atoms with van der Waals surface area (Å²) >= 11 is 1.84. The molecule has 0 amide bonds. The first kappa shape index (κ1) is 13.5. The molecule has 1 fully saturated rings. The quantitative estimate of drug-likeness (QED) is 0.898. The molecule has 2 N–H and O–H groups in total. The van der Waals surface area contributed by atoms with Gasteiger partial charge in [-0.2, -0.15) is 0 Å². The molecule has 1 saturated heterocycles. The SMILES string of the molecule is CSC1CC(c2ccc(Oc3ccccc3)cc2)NN1. The van der Waals surface area contributed by atoms with Crippen LogP contribution < -0.4 is 15.6 Å². The van der Waals surface area contributed by atoms with Crippen LogP contribution in [-0.2, 0) is 0 Å². The highest BCUT2D eigenvalue weighted by Crippen LogP contribution is 2.28. The van der Waals surface area contributed by atoms with Gasteiger partial charge < -0.3 is 4.74 Å². The summed E-state index contributed by atoms with van der Waals surface area (Å²) in [5, 5.41) is 0.486. The smallest absolute Gasteiger partial charge is 0.127 e. The Balaban J connectivity index is 1.66. The van der Waals surface area contributed by atoms with Crippen LogP contribution in [0.15, 0.2) is 54.6 Å². The summed E-state index contributed by atoms with van der Waals surface area (Å²) in [6.45, 7) is 0. The minimum absolute atomic E-state index is 0.373. The van der Waals surface area contributed by atoms with Crippen molar-refractivity contribution >= 4 is 11.8 Å². The Morgan fingerprint density at radius 2 is 1.65 bits per heavy atom. The number of hydrazine groups is 1. The summed E-state index contributed by atoms with van der Waals surface area (Å²) in [5.74, 6) is 1.73.